The summed E-state index contributed by atoms with van der Waals surface area (Å²) in [6.07, 6.45) is 7.34. The Morgan fingerprint density at radius 1 is 0.843 bits per heavy atom. The van der Waals surface area contributed by atoms with Gasteiger partial charge >= 0.3 is 5.97 Å². The largest absolute Gasteiger partial charge is 0.466 e. The minimum absolute atomic E-state index is 0.175. The van der Waals surface area contributed by atoms with E-state index in [1.54, 1.807) is 0 Å². The van der Waals surface area contributed by atoms with Crippen LogP contribution in [0.2, 0.25) is 5.02 Å². The maximum absolute atomic E-state index is 11.9. The number of fused-ring (bicyclic) bond motifs is 2. The molecule has 2 aliphatic rings. The highest BCUT2D eigenvalue weighted by molar-refractivity contribution is 6.31. The molecule has 4 rings (SSSR count). The van der Waals surface area contributed by atoms with Crippen LogP contribution < -0.4 is 0 Å². The molecular formula is C42H63ClO8. The Morgan fingerprint density at radius 3 is 2.10 bits per heavy atom. The van der Waals surface area contributed by atoms with Crippen molar-refractivity contribution in [2.75, 3.05) is 33.0 Å². The molecule has 0 N–H and O–H groups in total. The SMILES string of the molecule is CCCCO[C@H]1[C@H](OCCCC)[C@@H](OCCCC)[C@@]2(OCc3cc(Cl)c(Cc4ccc(CCC(=O)OCC)cc4)cc32)O[C@@H]1[C@@H](C)OCCCC. The van der Waals surface area contributed by atoms with Crippen LogP contribution in [0.3, 0.4) is 0 Å². The van der Waals surface area contributed by atoms with E-state index >= 15 is 0 Å². The van der Waals surface area contributed by atoms with E-state index in [1.807, 2.05) is 13.0 Å². The average molecular weight is 731 g/mol. The van der Waals surface area contributed by atoms with Crippen molar-refractivity contribution in [3.63, 3.8) is 0 Å². The highest BCUT2D eigenvalue weighted by Gasteiger charge is 2.62. The second-order valence-corrected chi connectivity index (χ2v) is 14.3. The standard InChI is InChI=1S/C42H63ClO8/c1-7-12-22-46-30(6)38-39(47-23-13-8-2)40(48-24-14-9-3)41(49-25-15-10-4)42(51-38)35-27-33(36(43)28-34(35)29-50-42)26-32-18-16-31(17-19-32)20-21-37(44)45-11-5/h16-19,27-28,30,38-41H,7-15,20-26,29H2,1-6H3/t30-,38-,39-,40+,41-,42+/m1/s1. The molecule has 0 unspecified atom stereocenters. The molecule has 1 spiro atoms. The number of carbonyl (C=O) groups excluding carboxylic acids is 1. The van der Waals surface area contributed by atoms with E-state index in [0.717, 1.165) is 79.2 Å². The Labute approximate surface area is 312 Å². The number of ether oxygens (including phenoxy) is 7. The number of carbonyl (C=O) groups is 1. The van der Waals surface area contributed by atoms with Gasteiger partial charge in [0.15, 0.2) is 0 Å². The van der Waals surface area contributed by atoms with Crippen molar-refractivity contribution in [2.45, 2.75) is 155 Å². The molecule has 1 fully saturated rings. The molecule has 0 bridgehead atoms. The molecule has 0 amide bonds. The maximum atomic E-state index is 11.9. The lowest BCUT2D eigenvalue weighted by Crippen LogP contribution is -2.67. The van der Waals surface area contributed by atoms with Gasteiger partial charge in [-0.3, -0.25) is 4.79 Å². The molecule has 51 heavy (non-hydrogen) atoms. The fourth-order valence-corrected chi connectivity index (χ4v) is 7.05. The molecule has 0 radical (unpaired) electrons. The number of hydrogen-bond acceptors (Lipinski definition) is 8. The molecule has 0 aromatic heterocycles. The Hall–Kier alpha value is -2.04. The number of unbranched alkanes of at least 4 members (excludes halogenated alkanes) is 4. The van der Waals surface area contributed by atoms with Gasteiger partial charge in [-0.2, -0.15) is 0 Å². The summed E-state index contributed by atoms with van der Waals surface area (Å²) in [5.74, 6) is -1.40. The summed E-state index contributed by atoms with van der Waals surface area (Å²) in [4.78, 5) is 11.9. The van der Waals surface area contributed by atoms with Crippen LogP contribution in [0.25, 0.3) is 0 Å². The monoisotopic (exact) mass is 730 g/mol. The highest BCUT2D eigenvalue weighted by Crippen LogP contribution is 2.50. The summed E-state index contributed by atoms with van der Waals surface area (Å²) in [7, 11) is 0. The van der Waals surface area contributed by atoms with Crippen molar-refractivity contribution in [2.24, 2.45) is 0 Å². The molecule has 9 heteroatoms. The first kappa shape index (κ1) is 41.7. The van der Waals surface area contributed by atoms with E-state index < -0.39 is 30.2 Å². The number of rotatable bonds is 23. The molecule has 2 heterocycles. The normalized spacial score (nSPS) is 23.4. The van der Waals surface area contributed by atoms with Crippen molar-refractivity contribution in [3.05, 3.63) is 69.2 Å². The molecule has 0 aliphatic carbocycles. The number of aryl methyl sites for hydroxylation is 1. The zero-order valence-corrected chi connectivity index (χ0v) is 32.8. The Balaban J connectivity index is 1.72. The first-order chi connectivity index (χ1) is 24.8. The lowest BCUT2D eigenvalue weighted by atomic mass is 9.84. The van der Waals surface area contributed by atoms with E-state index in [2.05, 4.69) is 65.0 Å². The van der Waals surface area contributed by atoms with Crippen LogP contribution >= 0.6 is 11.6 Å². The van der Waals surface area contributed by atoms with Crippen LogP contribution in [-0.2, 0) is 63.2 Å². The number of benzene rings is 2. The van der Waals surface area contributed by atoms with Crippen molar-refractivity contribution in [1.29, 1.82) is 0 Å². The molecule has 2 aromatic rings. The topological polar surface area (TPSA) is 81.7 Å². The van der Waals surface area contributed by atoms with Gasteiger partial charge in [0.05, 0.1) is 19.3 Å². The van der Waals surface area contributed by atoms with Crippen LogP contribution in [0, 0.1) is 0 Å². The van der Waals surface area contributed by atoms with Crippen LogP contribution in [0.4, 0.5) is 0 Å². The van der Waals surface area contributed by atoms with Gasteiger partial charge in [0.25, 0.3) is 0 Å². The van der Waals surface area contributed by atoms with Gasteiger partial charge < -0.3 is 33.2 Å². The van der Waals surface area contributed by atoms with E-state index in [0.29, 0.717) is 63.9 Å². The molecular weight excluding hydrogens is 668 g/mol. The van der Waals surface area contributed by atoms with Crippen molar-refractivity contribution < 1.29 is 38.0 Å². The molecule has 6 atom stereocenters. The van der Waals surface area contributed by atoms with E-state index in [9.17, 15) is 4.79 Å². The summed E-state index contributed by atoms with van der Waals surface area (Å²) < 4.78 is 45.9. The lowest BCUT2D eigenvalue weighted by molar-refractivity contribution is -0.389. The van der Waals surface area contributed by atoms with E-state index in [4.69, 9.17) is 44.8 Å². The Bertz CT molecular complexity index is 1320. The van der Waals surface area contributed by atoms with Gasteiger partial charge in [0.1, 0.15) is 24.4 Å². The maximum Gasteiger partial charge on any atom is 0.306 e. The molecule has 8 nitrogen and oxygen atoms in total. The van der Waals surface area contributed by atoms with E-state index in [1.165, 1.54) is 0 Å². The summed E-state index contributed by atoms with van der Waals surface area (Å²) in [5, 5.41) is 0.685. The summed E-state index contributed by atoms with van der Waals surface area (Å²) in [6.45, 7) is 15.7. The summed E-state index contributed by atoms with van der Waals surface area (Å²) >= 11 is 6.98. The quantitative estimate of drug-likeness (QED) is 0.0827. The van der Waals surface area contributed by atoms with Gasteiger partial charge in [-0.25, -0.2) is 0 Å². The molecule has 1 saturated heterocycles. The third kappa shape index (κ3) is 11.2. The third-order valence-corrected chi connectivity index (χ3v) is 10.2. The smallest absolute Gasteiger partial charge is 0.306 e. The zero-order valence-electron chi connectivity index (χ0n) is 32.0. The molecule has 286 valence electrons. The van der Waals surface area contributed by atoms with Crippen LogP contribution in [-0.4, -0.2) is 69.5 Å². The van der Waals surface area contributed by atoms with Crippen LogP contribution in [0.15, 0.2) is 36.4 Å². The van der Waals surface area contributed by atoms with Crippen molar-refractivity contribution >= 4 is 17.6 Å². The zero-order chi connectivity index (χ0) is 36.6. The molecule has 2 aliphatic heterocycles. The first-order valence-corrected chi connectivity index (χ1v) is 20.0. The minimum atomic E-state index is -1.23. The van der Waals surface area contributed by atoms with Gasteiger partial charge in [0.2, 0.25) is 5.79 Å². The first-order valence-electron chi connectivity index (χ1n) is 19.6. The fraction of sp³-hybridized carbons (Fsp3) is 0.690. The molecule has 0 saturated carbocycles. The predicted molar refractivity (Wildman–Crippen MR) is 201 cm³/mol. The summed E-state index contributed by atoms with van der Waals surface area (Å²) in [6, 6.07) is 12.5. The van der Waals surface area contributed by atoms with Crippen LogP contribution in [0.1, 0.15) is 127 Å². The molecule has 2 aromatic carbocycles. The summed E-state index contributed by atoms with van der Waals surface area (Å²) in [5.41, 5.74) is 5.09. The van der Waals surface area contributed by atoms with Gasteiger partial charge in [-0.15, -0.1) is 0 Å². The lowest BCUT2D eigenvalue weighted by Gasteiger charge is -2.52. The third-order valence-electron chi connectivity index (χ3n) is 9.82. The van der Waals surface area contributed by atoms with Crippen LogP contribution in [0.5, 0.6) is 0 Å². The van der Waals surface area contributed by atoms with Crippen molar-refractivity contribution in [3.8, 4) is 0 Å². The second kappa shape index (κ2) is 21.6. The van der Waals surface area contributed by atoms with E-state index in [-0.39, 0.29) is 12.1 Å². The van der Waals surface area contributed by atoms with Gasteiger partial charge in [0, 0.05) is 43.4 Å². The number of esters is 1. The number of hydrogen-bond donors (Lipinski definition) is 0. The minimum Gasteiger partial charge on any atom is -0.466 e. The highest BCUT2D eigenvalue weighted by atomic mass is 35.5. The van der Waals surface area contributed by atoms with Gasteiger partial charge in [-0.1, -0.05) is 89.2 Å². The predicted octanol–water partition coefficient (Wildman–Crippen LogP) is 9.27. The van der Waals surface area contributed by atoms with Crippen molar-refractivity contribution in [1.82, 2.24) is 0 Å². The Kier molecular flexibility index (Phi) is 17.7. The van der Waals surface area contributed by atoms with Gasteiger partial charge in [-0.05, 0) is 86.8 Å². The second-order valence-electron chi connectivity index (χ2n) is 13.9. The Morgan fingerprint density at radius 2 is 1.45 bits per heavy atom. The fourth-order valence-electron chi connectivity index (χ4n) is 6.80. The number of halogens is 1. The average Bonchev–Trinajstić information content (AvgIpc) is 3.46.